The molecule has 27 heavy (non-hydrogen) atoms. The SMILES string of the molecule is COc1cccc(C(C)N2CCN(c3nc4ccccc4c(=O)[nH]3)CC2)c1. The molecule has 1 aliphatic rings. The molecule has 0 aliphatic carbocycles. The summed E-state index contributed by atoms with van der Waals surface area (Å²) in [5.41, 5.74) is 1.91. The van der Waals surface area contributed by atoms with Gasteiger partial charge in [-0.05, 0) is 36.8 Å². The number of hydrogen-bond acceptors (Lipinski definition) is 5. The van der Waals surface area contributed by atoms with E-state index in [-0.39, 0.29) is 5.56 Å². The zero-order valence-electron chi connectivity index (χ0n) is 15.7. The lowest BCUT2D eigenvalue weighted by Gasteiger charge is -2.38. The molecule has 6 heteroatoms. The highest BCUT2D eigenvalue weighted by Gasteiger charge is 2.23. The second kappa shape index (κ2) is 7.40. The number of aromatic amines is 1. The van der Waals surface area contributed by atoms with Crippen molar-refractivity contribution in [3.8, 4) is 5.75 Å². The number of nitrogens with one attached hydrogen (secondary N) is 1. The molecule has 0 radical (unpaired) electrons. The number of piperazine rings is 1. The fourth-order valence-corrected chi connectivity index (χ4v) is 3.66. The highest BCUT2D eigenvalue weighted by molar-refractivity contribution is 5.78. The Kier molecular flexibility index (Phi) is 4.81. The minimum Gasteiger partial charge on any atom is -0.497 e. The lowest BCUT2D eigenvalue weighted by atomic mass is 10.1. The average molecular weight is 364 g/mol. The Morgan fingerprint density at radius 2 is 1.85 bits per heavy atom. The van der Waals surface area contributed by atoms with Crippen LogP contribution in [0.5, 0.6) is 5.75 Å². The van der Waals surface area contributed by atoms with E-state index in [1.165, 1.54) is 5.56 Å². The molecule has 4 rings (SSSR count). The molecule has 1 aromatic heterocycles. The minimum absolute atomic E-state index is 0.0808. The average Bonchev–Trinajstić information content (AvgIpc) is 2.73. The molecule has 1 aliphatic heterocycles. The standard InChI is InChI=1S/C21H24N4O2/c1-15(16-6-5-7-17(14-16)27-2)24-10-12-25(13-11-24)21-22-19-9-4-3-8-18(19)20(26)23-21/h3-9,14-15H,10-13H2,1-2H3,(H,22,23,26). The number of H-pyrrole nitrogens is 1. The van der Waals surface area contributed by atoms with Crippen LogP contribution in [0, 0.1) is 0 Å². The monoisotopic (exact) mass is 364 g/mol. The Morgan fingerprint density at radius 1 is 1.07 bits per heavy atom. The molecule has 1 saturated heterocycles. The molecule has 1 N–H and O–H groups in total. The van der Waals surface area contributed by atoms with Gasteiger partial charge in [-0.15, -0.1) is 0 Å². The first kappa shape index (κ1) is 17.5. The maximum Gasteiger partial charge on any atom is 0.260 e. The summed E-state index contributed by atoms with van der Waals surface area (Å²) in [6, 6.07) is 16.0. The molecule has 1 unspecified atom stereocenters. The van der Waals surface area contributed by atoms with Crippen LogP contribution >= 0.6 is 0 Å². The topological polar surface area (TPSA) is 61.5 Å². The van der Waals surface area contributed by atoms with Gasteiger partial charge in [0.1, 0.15) is 5.75 Å². The number of aromatic nitrogens is 2. The van der Waals surface area contributed by atoms with Gasteiger partial charge in [0.2, 0.25) is 5.95 Å². The molecule has 2 heterocycles. The second-order valence-electron chi connectivity index (χ2n) is 6.88. The van der Waals surface area contributed by atoms with Crippen molar-refractivity contribution in [2.75, 3.05) is 38.2 Å². The number of hydrogen-bond donors (Lipinski definition) is 1. The van der Waals surface area contributed by atoms with E-state index in [1.54, 1.807) is 13.2 Å². The first-order valence-corrected chi connectivity index (χ1v) is 9.28. The second-order valence-corrected chi connectivity index (χ2v) is 6.88. The molecule has 0 bridgehead atoms. The number of fused-ring (bicyclic) bond motifs is 1. The largest absolute Gasteiger partial charge is 0.497 e. The van der Waals surface area contributed by atoms with E-state index in [0.717, 1.165) is 37.4 Å². The predicted octanol–water partition coefficient (Wildman–Crippen LogP) is 2.81. The molecule has 1 atom stereocenters. The Hall–Kier alpha value is -2.86. The molecule has 0 spiro atoms. The summed E-state index contributed by atoms with van der Waals surface area (Å²) in [5.74, 6) is 1.54. The zero-order chi connectivity index (χ0) is 18.8. The number of anilines is 1. The molecular formula is C21H24N4O2. The lowest BCUT2D eigenvalue weighted by Crippen LogP contribution is -2.48. The van der Waals surface area contributed by atoms with E-state index in [0.29, 0.717) is 17.4 Å². The van der Waals surface area contributed by atoms with Crippen LogP contribution in [0.25, 0.3) is 10.9 Å². The van der Waals surface area contributed by atoms with Crippen LogP contribution in [0.3, 0.4) is 0 Å². The number of ether oxygens (including phenoxy) is 1. The van der Waals surface area contributed by atoms with Crippen LogP contribution in [0.2, 0.25) is 0 Å². The zero-order valence-corrected chi connectivity index (χ0v) is 15.7. The summed E-state index contributed by atoms with van der Waals surface area (Å²) in [4.78, 5) is 24.5. The molecule has 140 valence electrons. The van der Waals surface area contributed by atoms with Crippen molar-refractivity contribution in [2.24, 2.45) is 0 Å². The maximum absolute atomic E-state index is 12.3. The molecule has 6 nitrogen and oxygen atoms in total. The molecule has 0 saturated carbocycles. The summed E-state index contributed by atoms with van der Waals surface area (Å²) in [5, 5.41) is 0.631. The molecule has 1 fully saturated rings. The quantitative estimate of drug-likeness (QED) is 0.771. The summed E-state index contributed by atoms with van der Waals surface area (Å²) in [6.07, 6.45) is 0. The van der Waals surface area contributed by atoms with Gasteiger partial charge in [-0.1, -0.05) is 24.3 Å². The Morgan fingerprint density at radius 3 is 2.63 bits per heavy atom. The van der Waals surface area contributed by atoms with Crippen LogP contribution in [0.1, 0.15) is 18.5 Å². The van der Waals surface area contributed by atoms with Crippen LogP contribution < -0.4 is 15.2 Å². The smallest absolute Gasteiger partial charge is 0.260 e. The summed E-state index contributed by atoms with van der Waals surface area (Å²) in [7, 11) is 1.69. The van der Waals surface area contributed by atoms with Crippen LogP contribution in [-0.4, -0.2) is 48.2 Å². The van der Waals surface area contributed by atoms with Gasteiger partial charge < -0.3 is 9.64 Å². The van der Waals surface area contributed by atoms with Crippen molar-refractivity contribution in [1.29, 1.82) is 0 Å². The number of benzene rings is 2. The molecule has 0 amide bonds. The van der Waals surface area contributed by atoms with Crippen LogP contribution in [0.15, 0.2) is 53.3 Å². The van der Waals surface area contributed by atoms with Crippen LogP contribution in [0.4, 0.5) is 5.95 Å². The Bertz CT molecular complexity index is 993. The normalized spacial score (nSPS) is 16.4. The first-order chi connectivity index (χ1) is 13.2. The van der Waals surface area contributed by atoms with Gasteiger partial charge in [-0.2, -0.15) is 0 Å². The summed E-state index contributed by atoms with van der Waals surface area (Å²) >= 11 is 0. The molecule has 3 aromatic rings. The highest BCUT2D eigenvalue weighted by atomic mass is 16.5. The van der Waals surface area contributed by atoms with E-state index in [1.807, 2.05) is 30.3 Å². The molecule has 2 aromatic carbocycles. The number of methoxy groups -OCH3 is 1. The van der Waals surface area contributed by atoms with Crippen molar-refractivity contribution in [3.63, 3.8) is 0 Å². The number of rotatable bonds is 4. The van der Waals surface area contributed by atoms with E-state index in [4.69, 9.17) is 4.74 Å². The molecular weight excluding hydrogens is 340 g/mol. The predicted molar refractivity (Wildman–Crippen MR) is 108 cm³/mol. The summed E-state index contributed by atoms with van der Waals surface area (Å²) in [6.45, 7) is 5.70. The van der Waals surface area contributed by atoms with Crippen LogP contribution in [-0.2, 0) is 0 Å². The van der Waals surface area contributed by atoms with Gasteiger partial charge in [-0.3, -0.25) is 14.7 Å². The van der Waals surface area contributed by atoms with Gasteiger partial charge in [0, 0.05) is 32.2 Å². The van der Waals surface area contributed by atoms with Gasteiger partial charge in [0.15, 0.2) is 0 Å². The van der Waals surface area contributed by atoms with Gasteiger partial charge in [0.25, 0.3) is 5.56 Å². The summed E-state index contributed by atoms with van der Waals surface area (Å²) < 4.78 is 5.34. The van der Waals surface area contributed by atoms with Crippen molar-refractivity contribution in [1.82, 2.24) is 14.9 Å². The fraction of sp³-hybridized carbons (Fsp3) is 0.333. The van der Waals surface area contributed by atoms with E-state index in [2.05, 4.69) is 38.8 Å². The van der Waals surface area contributed by atoms with Gasteiger partial charge in [-0.25, -0.2) is 4.98 Å². The Balaban J connectivity index is 1.48. The van der Waals surface area contributed by atoms with Crippen molar-refractivity contribution in [3.05, 3.63) is 64.4 Å². The van der Waals surface area contributed by atoms with Gasteiger partial charge in [0.05, 0.1) is 18.0 Å². The van der Waals surface area contributed by atoms with E-state index < -0.39 is 0 Å². The fourth-order valence-electron chi connectivity index (χ4n) is 3.66. The minimum atomic E-state index is -0.0808. The van der Waals surface area contributed by atoms with Crippen molar-refractivity contribution < 1.29 is 4.74 Å². The number of nitrogens with zero attached hydrogens (tertiary/aromatic N) is 3. The van der Waals surface area contributed by atoms with Crippen molar-refractivity contribution >= 4 is 16.9 Å². The van der Waals surface area contributed by atoms with Crippen molar-refractivity contribution in [2.45, 2.75) is 13.0 Å². The maximum atomic E-state index is 12.3. The Labute approximate surface area is 158 Å². The third-order valence-electron chi connectivity index (χ3n) is 5.34. The third-order valence-corrected chi connectivity index (χ3v) is 5.34. The first-order valence-electron chi connectivity index (χ1n) is 9.28. The lowest BCUT2D eigenvalue weighted by molar-refractivity contribution is 0.197. The van der Waals surface area contributed by atoms with Gasteiger partial charge >= 0.3 is 0 Å². The number of para-hydroxylation sites is 1. The third kappa shape index (κ3) is 3.53. The van der Waals surface area contributed by atoms with E-state index >= 15 is 0 Å². The highest BCUT2D eigenvalue weighted by Crippen LogP contribution is 2.25. The van der Waals surface area contributed by atoms with E-state index in [9.17, 15) is 4.79 Å².